The predicted octanol–water partition coefficient (Wildman–Crippen LogP) is 3.40. The minimum absolute atomic E-state index is 0.131. The number of benzene rings is 2. The fraction of sp³-hybridized carbons (Fsp3) is 0. The number of aromatic amines is 1. The van der Waals surface area contributed by atoms with E-state index >= 15 is 0 Å². The summed E-state index contributed by atoms with van der Waals surface area (Å²) in [7, 11) is -3.98. The molecule has 3 aromatic rings. The Hall–Kier alpha value is -3.09. The zero-order valence-electron chi connectivity index (χ0n) is 12.4. The number of aromatic nitrogens is 1. The fourth-order valence-corrected chi connectivity index (χ4v) is 3.66. The Morgan fingerprint density at radius 2 is 1.88 bits per heavy atom. The number of nitro benzene ring substituents is 1. The third kappa shape index (κ3) is 3.00. The minimum atomic E-state index is -3.98. The molecule has 0 fully saturated rings. The van der Waals surface area contributed by atoms with E-state index < -0.39 is 14.9 Å². The van der Waals surface area contributed by atoms with Crippen LogP contribution in [0.4, 0.5) is 11.4 Å². The molecule has 2 aromatic carbocycles. The first-order valence-electron chi connectivity index (χ1n) is 6.80. The van der Waals surface area contributed by atoms with Gasteiger partial charge in [-0.15, -0.1) is 0 Å². The summed E-state index contributed by atoms with van der Waals surface area (Å²) < 4.78 is 27.4. The Labute approximate surface area is 146 Å². The average Bonchev–Trinajstić information content (AvgIpc) is 2.98. The van der Waals surface area contributed by atoms with Crippen LogP contribution in [0, 0.1) is 21.4 Å². The van der Waals surface area contributed by atoms with Crippen molar-refractivity contribution in [2.45, 2.75) is 4.90 Å². The van der Waals surface area contributed by atoms with Crippen molar-refractivity contribution in [3.63, 3.8) is 0 Å². The molecule has 1 aromatic heterocycles. The molecule has 126 valence electrons. The van der Waals surface area contributed by atoms with Crippen LogP contribution in [-0.4, -0.2) is 18.3 Å². The monoisotopic (exact) mass is 376 g/mol. The van der Waals surface area contributed by atoms with Crippen molar-refractivity contribution < 1.29 is 13.3 Å². The minimum Gasteiger partial charge on any atom is -0.358 e. The average molecular weight is 377 g/mol. The lowest BCUT2D eigenvalue weighted by Crippen LogP contribution is -2.13. The highest BCUT2D eigenvalue weighted by molar-refractivity contribution is 7.92. The molecule has 8 nitrogen and oxygen atoms in total. The van der Waals surface area contributed by atoms with Gasteiger partial charge in [0.1, 0.15) is 0 Å². The summed E-state index contributed by atoms with van der Waals surface area (Å²) in [6, 6.07) is 9.38. The molecular formula is C15H9ClN4O4S. The first kappa shape index (κ1) is 16.8. The molecule has 0 bridgehead atoms. The maximum absolute atomic E-state index is 12.5. The number of fused-ring (bicyclic) bond motifs is 1. The lowest BCUT2D eigenvalue weighted by Gasteiger charge is -2.09. The molecule has 25 heavy (non-hydrogen) atoms. The van der Waals surface area contributed by atoms with E-state index in [4.69, 9.17) is 16.9 Å². The van der Waals surface area contributed by atoms with Crippen molar-refractivity contribution >= 4 is 43.9 Å². The zero-order chi connectivity index (χ0) is 18.2. The molecular weight excluding hydrogens is 368 g/mol. The number of nitrogens with one attached hydrogen (secondary N) is 2. The summed E-state index contributed by atoms with van der Waals surface area (Å²) in [5.41, 5.74) is 0.671. The Balaban J connectivity index is 2.03. The number of H-pyrrole nitrogens is 1. The van der Waals surface area contributed by atoms with E-state index in [1.807, 2.05) is 6.07 Å². The first-order valence-corrected chi connectivity index (χ1v) is 8.66. The second-order valence-corrected chi connectivity index (χ2v) is 7.11. The van der Waals surface area contributed by atoms with Gasteiger partial charge in [0, 0.05) is 23.7 Å². The molecule has 0 spiro atoms. The van der Waals surface area contributed by atoms with Gasteiger partial charge in [0.2, 0.25) is 0 Å². The van der Waals surface area contributed by atoms with E-state index in [1.165, 1.54) is 18.3 Å². The smallest absolute Gasteiger partial charge is 0.269 e. The van der Waals surface area contributed by atoms with Crippen LogP contribution in [0.2, 0.25) is 5.02 Å². The SMILES string of the molecule is N#Cc1ccc(NS(=O)(=O)c2ccc([N+](=O)[O-])cc2)c2[nH]cc(Cl)c12. The van der Waals surface area contributed by atoms with E-state index in [1.54, 1.807) is 0 Å². The van der Waals surface area contributed by atoms with Crippen LogP contribution in [0.15, 0.2) is 47.5 Å². The van der Waals surface area contributed by atoms with Gasteiger partial charge >= 0.3 is 0 Å². The normalized spacial score (nSPS) is 11.2. The summed E-state index contributed by atoms with van der Waals surface area (Å²) in [6.07, 6.45) is 1.46. The summed E-state index contributed by atoms with van der Waals surface area (Å²) in [6.45, 7) is 0. The number of sulfonamides is 1. The largest absolute Gasteiger partial charge is 0.358 e. The summed E-state index contributed by atoms with van der Waals surface area (Å²) in [5, 5.41) is 20.5. The number of hydrogen-bond acceptors (Lipinski definition) is 5. The van der Waals surface area contributed by atoms with Gasteiger partial charge in [0.05, 0.1) is 37.7 Å². The molecule has 0 saturated carbocycles. The number of nitro groups is 1. The van der Waals surface area contributed by atoms with Crippen molar-refractivity contribution in [3.05, 3.63) is 63.3 Å². The van der Waals surface area contributed by atoms with E-state index in [-0.39, 0.29) is 16.3 Å². The van der Waals surface area contributed by atoms with Gasteiger partial charge in [-0.2, -0.15) is 5.26 Å². The molecule has 2 N–H and O–H groups in total. The second kappa shape index (κ2) is 6.08. The Kier molecular flexibility index (Phi) is 4.08. The van der Waals surface area contributed by atoms with Gasteiger partial charge in [-0.05, 0) is 24.3 Å². The summed E-state index contributed by atoms with van der Waals surface area (Å²) >= 11 is 6.04. The van der Waals surface area contributed by atoms with Crippen molar-refractivity contribution in [1.29, 1.82) is 5.26 Å². The van der Waals surface area contributed by atoms with Crippen molar-refractivity contribution in [2.75, 3.05) is 4.72 Å². The Morgan fingerprint density at radius 1 is 1.20 bits per heavy atom. The predicted molar refractivity (Wildman–Crippen MR) is 91.9 cm³/mol. The van der Waals surface area contributed by atoms with Crippen molar-refractivity contribution in [3.8, 4) is 6.07 Å². The van der Waals surface area contributed by atoms with Crippen LogP contribution in [-0.2, 0) is 10.0 Å². The highest BCUT2D eigenvalue weighted by Gasteiger charge is 2.19. The Morgan fingerprint density at radius 3 is 2.48 bits per heavy atom. The van der Waals surface area contributed by atoms with Crippen molar-refractivity contribution in [1.82, 2.24) is 4.98 Å². The van der Waals surface area contributed by atoms with Gasteiger partial charge in [0.15, 0.2) is 0 Å². The molecule has 0 saturated heterocycles. The quantitative estimate of drug-likeness (QED) is 0.532. The molecule has 0 unspecified atom stereocenters. The molecule has 0 aliphatic rings. The lowest BCUT2D eigenvalue weighted by atomic mass is 10.1. The van der Waals surface area contributed by atoms with Gasteiger partial charge in [-0.3, -0.25) is 14.8 Å². The number of nitriles is 1. The molecule has 0 atom stereocenters. The van der Waals surface area contributed by atoms with Gasteiger partial charge < -0.3 is 4.98 Å². The Bertz CT molecular complexity index is 1130. The third-order valence-electron chi connectivity index (χ3n) is 3.51. The number of halogens is 1. The van der Waals surface area contributed by atoms with Crippen LogP contribution >= 0.6 is 11.6 Å². The maximum Gasteiger partial charge on any atom is 0.269 e. The highest BCUT2D eigenvalue weighted by atomic mass is 35.5. The summed E-state index contributed by atoms with van der Waals surface area (Å²) in [5.74, 6) is 0. The van der Waals surface area contributed by atoms with Crippen LogP contribution in [0.5, 0.6) is 0 Å². The fourth-order valence-electron chi connectivity index (χ4n) is 2.34. The second-order valence-electron chi connectivity index (χ2n) is 5.02. The van der Waals surface area contributed by atoms with Gasteiger partial charge in [0.25, 0.3) is 15.7 Å². The number of nitrogens with zero attached hydrogens (tertiary/aromatic N) is 2. The first-order chi connectivity index (χ1) is 11.8. The molecule has 0 aliphatic heterocycles. The number of non-ortho nitro benzene ring substituents is 1. The maximum atomic E-state index is 12.5. The molecule has 10 heteroatoms. The number of hydrogen-bond donors (Lipinski definition) is 2. The van der Waals surface area contributed by atoms with Crippen LogP contribution < -0.4 is 4.72 Å². The lowest BCUT2D eigenvalue weighted by molar-refractivity contribution is -0.384. The van der Waals surface area contributed by atoms with Crippen LogP contribution in [0.1, 0.15) is 5.56 Å². The molecule has 0 radical (unpaired) electrons. The molecule has 0 aliphatic carbocycles. The van der Waals surface area contributed by atoms with Crippen LogP contribution in [0.25, 0.3) is 10.9 Å². The number of rotatable bonds is 4. The summed E-state index contributed by atoms with van der Waals surface area (Å²) in [4.78, 5) is 12.7. The topological polar surface area (TPSA) is 129 Å². The van der Waals surface area contributed by atoms with E-state index in [0.29, 0.717) is 21.5 Å². The van der Waals surface area contributed by atoms with Gasteiger partial charge in [-0.25, -0.2) is 8.42 Å². The molecule has 3 rings (SSSR count). The van der Waals surface area contributed by atoms with E-state index in [0.717, 1.165) is 24.3 Å². The van der Waals surface area contributed by atoms with Crippen molar-refractivity contribution in [2.24, 2.45) is 0 Å². The molecule has 1 heterocycles. The standard InChI is InChI=1S/C15H9ClN4O4S/c16-12-8-18-15-13(6-1-9(7-17)14(12)15)19-25(23,24)11-4-2-10(3-5-11)20(21)22/h1-6,8,18-19H. The van der Waals surface area contributed by atoms with Gasteiger partial charge in [-0.1, -0.05) is 11.6 Å². The van der Waals surface area contributed by atoms with E-state index in [2.05, 4.69) is 9.71 Å². The molecule has 0 amide bonds. The van der Waals surface area contributed by atoms with E-state index in [9.17, 15) is 18.5 Å². The highest BCUT2D eigenvalue weighted by Crippen LogP contribution is 2.32. The third-order valence-corrected chi connectivity index (χ3v) is 5.19. The number of anilines is 1. The van der Waals surface area contributed by atoms with Crippen LogP contribution in [0.3, 0.4) is 0 Å². The zero-order valence-corrected chi connectivity index (χ0v) is 13.9.